The smallest absolute Gasteiger partial charge is 0.264 e. The lowest BCUT2D eigenvalue weighted by Gasteiger charge is -2.27. The van der Waals surface area contributed by atoms with Gasteiger partial charge in [0.15, 0.2) is 0 Å². The van der Waals surface area contributed by atoms with Crippen molar-refractivity contribution in [3.05, 3.63) is 94.1 Å². The molecule has 2 amide bonds. The number of thioether (sulfide) groups is 1. The number of carbonyl (C=O) groups excluding carboxylic acids is 2. The zero-order chi connectivity index (χ0) is 22.7. The van der Waals surface area contributed by atoms with Crippen LogP contribution in [0.25, 0.3) is 6.08 Å². The molecule has 0 atom stereocenters. The standard InChI is InChI=1S/C25H21FN2O3S/c1-28-20-13-17(24(29)27-15-18-8-4-6-10-21(18)31-2)11-12-22(20)32-23(25(28)30)14-16-7-3-5-9-19(16)26/h3-14H,15H2,1-2H3,(H,27,29). The van der Waals surface area contributed by atoms with Crippen LogP contribution in [-0.4, -0.2) is 26.0 Å². The maximum atomic E-state index is 14.0. The van der Waals surface area contributed by atoms with Crippen LogP contribution in [0.1, 0.15) is 21.5 Å². The summed E-state index contributed by atoms with van der Waals surface area (Å²) < 4.78 is 19.3. The van der Waals surface area contributed by atoms with Crippen molar-refractivity contribution in [2.75, 3.05) is 19.1 Å². The number of para-hydroxylation sites is 1. The first kappa shape index (κ1) is 21.6. The van der Waals surface area contributed by atoms with Crippen molar-refractivity contribution in [2.45, 2.75) is 11.4 Å². The lowest BCUT2D eigenvalue weighted by Crippen LogP contribution is -2.31. The molecule has 1 heterocycles. The Morgan fingerprint density at radius 1 is 1.12 bits per heavy atom. The second-order valence-electron chi connectivity index (χ2n) is 7.17. The second-order valence-corrected chi connectivity index (χ2v) is 8.26. The van der Waals surface area contributed by atoms with Gasteiger partial charge in [0, 0.05) is 35.2 Å². The molecule has 0 saturated carbocycles. The number of carbonyl (C=O) groups is 2. The molecular formula is C25H21FN2O3S. The van der Waals surface area contributed by atoms with E-state index in [2.05, 4.69) is 5.32 Å². The lowest BCUT2D eigenvalue weighted by molar-refractivity contribution is -0.114. The van der Waals surface area contributed by atoms with Gasteiger partial charge >= 0.3 is 0 Å². The van der Waals surface area contributed by atoms with E-state index in [1.165, 1.54) is 22.7 Å². The number of halogens is 1. The Labute approximate surface area is 189 Å². The van der Waals surface area contributed by atoms with Crippen LogP contribution in [0.5, 0.6) is 5.75 Å². The van der Waals surface area contributed by atoms with Crippen molar-refractivity contribution in [3.63, 3.8) is 0 Å². The number of nitrogens with zero attached hydrogens (tertiary/aromatic N) is 1. The number of likely N-dealkylation sites (N-methyl/N-ethyl adjacent to an activating group) is 1. The van der Waals surface area contributed by atoms with Gasteiger partial charge in [-0.3, -0.25) is 9.59 Å². The molecule has 3 aromatic rings. The average molecular weight is 449 g/mol. The molecule has 3 aromatic carbocycles. The molecule has 32 heavy (non-hydrogen) atoms. The van der Waals surface area contributed by atoms with E-state index in [-0.39, 0.29) is 17.6 Å². The summed E-state index contributed by atoms with van der Waals surface area (Å²) >= 11 is 1.26. The summed E-state index contributed by atoms with van der Waals surface area (Å²) in [6.45, 7) is 0.318. The monoisotopic (exact) mass is 448 g/mol. The first-order valence-corrected chi connectivity index (χ1v) is 10.8. The van der Waals surface area contributed by atoms with Gasteiger partial charge in [-0.05, 0) is 36.4 Å². The fourth-order valence-electron chi connectivity index (χ4n) is 3.40. The van der Waals surface area contributed by atoms with Crippen molar-refractivity contribution in [3.8, 4) is 5.75 Å². The summed E-state index contributed by atoms with van der Waals surface area (Å²) in [7, 11) is 3.23. The Kier molecular flexibility index (Phi) is 6.28. The van der Waals surface area contributed by atoms with E-state index in [0.717, 1.165) is 10.5 Å². The molecule has 4 rings (SSSR count). The maximum absolute atomic E-state index is 14.0. The van der Waals surface area contributed by atoms with Crippen LogP contribution >= 0.6 is 11.8 Å². The molecule has 5 nitrogen and oxygen atoms in total. The minimum absolute atomic E-state index is 0.252. The van der Waals surface area contributed by atoms with Gasteiger partial charge in [-0.15, -0.1) is 0 Å². The molecule has 7 heteroatoms. The molecule has 1 N–H and O–H groups in total. The van der Waals surface area contributed by atoms with Gasteiger partial charge in [0.1, 0.15) is 11.6 Å². The third-order valence-electron chi connectivity index (χ3n) is 5.14. The quantitative estimate of drug-likeness (QED) is 0.566. The first-order chi connectivity index (χ1) is 15.5. The zero-order valence-corrected chi connectivity index (χ0v) is 18.4. The van der Waals surface area contributed by atoms with E-state index >= 15 is 0 Å². The first-order valence-electron chi connectivity index (χ1n) is 9.94. The van der Waals surface area contributed by atoms with E-state index in [9.17, 15) is 14.0 Å². The molecule has 0 bridgehead atoms. The van der Waals surface area contributed by atoms with E-state index in [0.29, 0.717) is 34.0 Å². The molecule has 0 aromatic heterocycles. The number of fused-ring (bicyclic) bond motifs is 1. The number of amides is 2. The molecule has 0 aliphatic carbocycles. The number of benzene rings is 3. The predicted octanol–water partition coefficient (Wildman–Crippen LogP) is 4.87. The Morgan fingerprint density at radius 3 is 2.66 bits per heavy atom. The van der Waals surface area contributed by atoms with Crippen molar-refractivity contribution in [2.24, 2.45) is 0 Å². The fraction of sp³-hybridized carbons (Fsp3) is 0.120. The molecule has 1 aliphatic rings. The Balaban J connectivity index is 1.54. The van der Waals surface area contributed by atoms with Crippen LogP contribution in [0.3, 0.4) is 0 Å². The third-order valence-corrected chi connectivity index (χ3v) is 6.22. The Hall–Kier alpha value is -3.58. The van der Waals surface area contributed by atoms with Crippen LogP contribution in [0.2, 0.25) is 0 Å². The topological polar surface area (TPSA) is 58.6 Å². The third kappa shape index (κ3) is 4.38. The highest BCUT2D eigenvalue weighted by Gasteiger charge is 2.27. The van der Waals surface area contributed by atoms with Crippen molar-refractivity contribution >= 4 is 35.3 Å². The van der Waals surface area contributed by atoms with E-state index in [1.807, 2.05) is 24.3 Å². The number of anilines is 1. The summed E-state index contributed by atoms with van der Waals surface area (Å²) in [6, 6.07) is 19.0. The summed E-state index contributed by atoms with van der Waals surface area (Å²) in [6.07, 6.45) is 1.55. The highest BCUT2D eigenvalue weighted by molar-refractivity contribution is 8.04. The van der Waals surface area contributed by atoms with E-state index in [1.54, 1.807) is 56.6 Å². The molecule has 0 unspecified atom stereocenters. The molecule has 0 radical (unpaired) electrons. The average Bonchev–Trinajstić information content (AvgIpc) is 2.82. The maximum Gasteiger partial charge on any atom is 0.264 e. The van der Waals surface area contributed by atoms with Crippen LogP contribution < -0.4 is 15.0 Å². The lowest BCUT2D eigenvalue weighted by atomic mass is 10.1. The SMILES string of the molecule is COc1ccccc1CNC(=O)c1ccc2c(c1)N(C)C(=O)C(=Cc1ccccc1F)S2. The van der Waals surface area contributed by atoms with Gasteiger partial charge < -0.3 is 15.0 Å². The minimum atomic E-state index is -0.385. The fourth-order valence-corrected chi connectivity index (χ4v) is 4.48. The van der Waals surface area contributed by atoms with Gasteiger partial charge in [0.05, 0.1) is 17.7 Å². The largest absolute Gasteiger partial charge is 0.496 e. The van der Waals surface area contributed by atoms with Crippen LogP contribution in [0.15, 0.2) is 76.5 Å². The van der Waals surface area contributed by atoms with Gasteiger partial charge in [-0.25, -0.2) is 4.39 Å². The highest BCUT2D eigenvalue weighted by atomic mass is 32.2. The molecule has 0 spiro atoms. The van der Waals surface area contributed by atoms with Gasteiger partial charge in [-0.2, -0.15) is 0 Å². The minimum Gasteiger partial charge on any atom is -0.496 e. The highest BCUT2D eigenvalue weighted by Crippen LogP contribution is 2.42. The predicted molar refractivity (Wildman–Crippen MR) is 124 cm³/mol. The zero-order valence-electron chi connectivity index (χ0n) is 17.6. The Morgan fingerprint density at radius 2 is 1.88 bits per heavy atom. The summed E-state index contributed by atoms with van der Waals surface area (Å²) in [4.78, 5) is 28.3. The van der Waals surface area contributed by atoms with Crippen molar-refractivity contribution in [1.82, 2.24) is 5.32 Å². The second kappa shape index (κ2) is 9.28. The van der Waals surface area contributed by atoms with Crippen molar-refractivity contribution < 1.29 is 18.7 Å². The number of rotatable bonds is 5. The number of nitrogens with one attached hydrogen (secondary N) is 1. The Bertz CT molecular complexity index is 1230. The molecule has 1 aliphatic heterocycles. The van der Waals surface area contributed by atoms with Gasteiger partial charge in [0.25, 0.3) is 11.8 Å². The normalized spacial score (nSPS) is 14.3. The number of hydrogen-bond donors (Lipinski definition) is 1. The molecular weight excluding hydrogens is 427 g/mol. The number of hydrogen-bond acceptors (Lipinski definition) is 4. The van der Waals surface area contributed by atoms with Gasteiger partial charge in [-0.1, -0.05) is 48.2 Å². The molecule has 0 saturated heterocycles. The van der Waals surface area contributed by atoms with Crippen LogP contribution in [0, 0.1) is 5.82 Å². The van der Waals surface area contributed by atoms with Crippen LogP contribution in [-0.2, 0) is 11.3 Å². The molecule has 0 fully saturated rings. The van der Waals surface area contributed by atoms with Crippen molar-refractivity contribution in [1.29, 1.82) is 0 Å². The van der Waals surface area contributed by atoms with E-state index in [4.69, 9.17) is 4.74 Å². The summed E-state index contributed by atoms with van der Waals surface area (Å²) in [5, 5.41) is 2.89. The van der Waals surface area contributed by atoms with Crippen LogP contribution in [0.4, 0.5) is 10.1 Å². The van der Waals surface area contributed by atoms with Gasteiger partial charge in [0.2, 0.25) is 0 Å². The number of ether oxygens (including phenoxy) is 1. The summed E-state index contributed by atoms with van der Waals surface area (Å²) in [5.74, 6) is -0.187. The molecule has 162 valence electrons. The number of methoxy groups -OCH3 is 1. The van der Waals surface area contributed by atoms with E-state index < -0.39 is 0 Å². The summed E-state index contributed by atoms with van der Waals surface area (Å²) in [5.41, 5.74) is 2.30.